The van der Waals surface area contributed by atoms with E-state index in [0.29, 0.717) is 57.2 Å². The molecule has 2 aliphatic heterocycles. The molecule has 2 saturated heterocycles. The van der Waals surface area contributed by atoms with Gasteiger partial charge in [0.25, 0.3) is 0 Å². The number of carbonyl (C=O) groups excluding carboxylic acids is 2. The number of amides is 2. The number of halogens is 6. The summed E-state index contributed by atoms with van der Waals surface area (Å²) in [6, 6.07) is 5.23. The van der Waals surface area contributed by atoms with Crippen molar-refractivity contribution in [2.24, 2.45) is 5.92 Å². The first-order valence-corrected chi connectivity index (χ1v) is 18.4. The third-order valence-corrected chi connectivity index (χ3v) is 10.2. The third kappa shape index (κ3) is 12.2. The van der Waals surface area contributed by atoms with Crippen LogP contribution in [0.15, 0.2) is 30.3 Å². The number of alkyl halides is 6. The van der Waals surface area contributed by atoms with Crippen molar-refractivity contribution in [1.82, 2.24) is 25.3 Å². The third-order valence-electron chi connectivity index (χ3n) is 8.89. The van der Waals surface area contributed by atoms with Crippen molar-refractivity contribution in [3.63, 3.8) is 0 Å². The highest BCUT2D eigenvalue weighted by Gasteiger charge is 2.39. The van der Waals surface area contributed by atoms with Crippen molar-refractivity contribution >= 4 is 39.4 Å². The maximum absolute atomic E-state index is 14.0. The van der Waals surface area contributed by atoms with Crippen LogP contribution in [0.25, 0.3) is 0 Å². The molecule has 2 aromatic rings. The zero-order valence-corrected chi connectivity index (χ0v) is 28.9. The number of carboxylic acid groups (broad SMARTS) is 1. The predicted molar refractivity (Wildman–Crippen MR) is 177 cm³/mol. The standard InChI is InChI=1S/C32H41F6N7O6S/c33-31(34,35)23-8-6-22(7-9-23)10-13-40-29(49)24-4-2-15-45(24)26-19-25(42-30(43-26)32(36,37)38)44-16-11-21(12-17-44)3-1-5-27(46)39-14-18-52(50,51)41-20-28(47)48/h6-9,19,21,24,41H,1-5,10-18,20H2,(H,39,46)(H,40,49)(H,47,48)/t24-/m0/s1. The molecule has 2 aliphatic rings. The van der Waals surface area contributed by atoms with Crippen LogP contribution in [0.5, 0.6) is 0 Å². The lowest BCUT2D eigenvalue weighted by atomic mass is 9.91. The Balaban J connectivity index is 1.28. The Morgan fingerprint density at radius 1 is 0.885 bits per heavy atom. The van der Waals surface area contributed by atoms with Gasteiger partial charge in [0.1, 0.15) is 24.2 Å². The summed E-state index contributed by atoms with van der Waals surface area (Å²) in [5.41, 5.74) is -0.203. The number of hydrogen-bond acceptors (Lipinski definition) is 9. The number of aromatic nitrogens is 2. The second-order valence-corrected chi connectivity index (χ2v) is 14.6. The molecule has 1 atom stereocenters. The van der Waals surface area contributed by atoms with Crippen LogP contribution in [0.3, 0.4) is 0 Å². The largest absolute Gasteiger partial charge is 0.480 e. The fourth-order valence-electron chi connectivity index (χ4n) is 6.14. The Hall–Kier alpha value is -4.20. The first-order valence-electron chi connectivity index (χ1n) is 16.8. The number of aliphatic carboxylic acids is 1. The van der Waals surface area contributed by atoms with Gasteiger partial charge in [-0.25, -0.2) is 23.1 Å². The monoisotopic (exact) mass is 765 g/mol. The number of piperidine rings is 1. The van der Waals surface area contributed by atoms with Gasteiger partial charge in [0.05, 0.1) is 11.3 Å². The van der Waals surface area contributed by atoms with Crippen LogP contribution in [-0.4, -0.2) is 92.3 Å². The zero-order valence-electron chi connectivity index (χ0n) is 28.1. The number of carboxylic acids is 1. The lowest BCUT2D eigenvalue weighted by Gasteiger charge is -2.34. The summed E-state index contributed by atoms with van der Waals surface area (Å²) in [5.74, 6) is -3.66. The molecule has 20 heteroatoms. The predicted octanol–water partition coefficient (Wildman–Crippen LogP) is 3.35. The molecule has 0 spiro atoms. The summed E-state index contributed by atoms with van der Waals surface area (Å²) < 4.78 is 106. The Bertz CT molecular complexity index is 1650. The minimum Gasteiger partial charge on any atom is -0.480 e. The van der Waals surface area contributed by atoms with Crippen LogP contribution in [0.4, 0.5) is 38.0 Å². The van der Waals surface area contributed by atoms with Crippen molar-refractivity contribution < 1.29 is 54.3 Å². The molecule has 3 heterocycles. The highest BCUT2D eigenvalue weighted by molar-refractivity contribution is 7.89. The molecule has 0 aliphatic carbocycles. The van der Waals surface area contributed by atoms with Gasteiger partial charge in [0, 0.05) is 45.2 Å². The van der Waals surface area contributed by atoms with Gasteiger partial charge in [-0.15, -0.1) is 0 Å². The summed E-state index contributed by atoms with van der Waals surface area (Å²) in [5, 5.41) is 13.8. The van der Waals surface area contributed by atoms with Crippen molar-refractivity contribution in [3.05, 3.63) is 47.3 Å². The lowest BCUT2D eigenvalue weighted by Crippen LogP contribution is -2.44. The minimum absolute atomic E-state index is 0.0312. The highest BCUT2D eigenvalue weighted by Crippen LogP contribution is 2.34. The van der Waals surface area contributed by atoms with Gasteiger partial charge in [-0.1, -0.05) is 12.1 Å². The maximum atomic E-state index is 14.0. The maximum Gasteiger partial charge on any atom is 0.451 e. The quantitative estimate of drug-likeness (QED) is 0.186. The smallest absolute Gasteiger partial charge is 0.451 e. The zero-order chi connectivity index (χ0) is 38.1. The molecule has 288 valence electrons. The number of anilines is 2. The molecule has 52 heavy (non-hydrogen) atoms. The number of hydrogen-bond donors (Lipinski definition) is 4. The number of nitrogens with zero attached hydrogens (tertiary/aromatic N) is 4. The average Bonchev–Trinajstić information content (AvgIpc) is 3.57. The van der Waals surface area contributed by atoms with Gasteiger partial charge in [0.2, 0.25) is 27.7 Å². The van der Waals surface area contributed by atoms with E-state index in [0.717, 1.165) is 12.1 Å². The van der Waals surface area contributed by atoms with E-state index < -0.39 is 64.0 Å². The summed E-state index contributed by atoms with van der Waals surface area (Å²) in [7, 11) is -3.85. The molecule has 0 bridgehead atoms. The second-order valence-electron chi connectivity index (χ2n) is 12.7. The van der Waals surface area contributed by atoms with E-state index in [4.69, 9.17) is 5.11 Å². The first-order chi connectivity index (χ1) is 24.4. The van der Waals surface area contributed by atoms with E-state index >= 15 is 0 Å². The molecular weight excluding hydrogens is 724 g/mol. The van der Waals surface area contributed by atoms with Crippen molar-refractivity contribution in [3.8, 4) is 0 Å². The normalized spacial score (nSPS) is 17.3. The molecule has 0 saturated carbocycles. The Labute approximate surface area is 296 Å². The van der Waals surface area contributed by atoms with Crippen molar-refractivity contribution in [2.45, 2.75) is 69.8 Å². The summed E-state index contributed by atoms with van der Waals surface area (Å²) in [6.07, 6.45) is -5.55. The van der Waals surface area contributed by atoms with Crippen molar-refractivity contribution in [1.29, 1.82) is 0 Å². The van der Waals surface area contributed by atoms with Crippen LogP contribution >= 0.6 is 0 Å². The molecule has 1 aromatic carbocycles. The number of sulfonamides is 1. The fourth-order valence-corrected chi connectivity index (χ4v) is 7.00. The van der Waals surface area contributed by atoms with Crippen LogP contribution in [0, 0.1) is 5.92 Å². The summed E-state index contributed by atoms with van der Waals surface area (Å²) in [6.45, 7) is 0.282. The van der Waals surface area contributed by atoms with E-state index in [-0.39, 0.29) is 55.9 Å². The Kier molecular flexibility index (Phi) is 13.7. The molecule has 0 radical (unpaired) electrons. The van der Waals surface area contributed by atoms with Gasteiger partial charge < -0.3 is 25.5 Å². The van der Waals surface area contributed by atoms with Crippen molar-refractivity contribution in [2.75, 3.05) is 54.8 Å². The summed E-state index contributed by atoms with van der Waals surface area (Å²) >= 11 is 0. The second kappa shape index (κ2) is 17.5. The van der Waals surface area contributed by atoms with Crippen LogP contribution in [0.2, 0.25) is 0 Å². The molecular formula is C32H41F6N7O6S. The van der Waals surface area contributed by atoms with Gasteiger partial charge in [-0.05, 0) is 68.6 Å². The number of benzene rings is 1. The van der Waals surface area contributed by atoms with Gasteiger partial charge >= 0.3 is 18.3 Å². The van der Waals surface area contributed by atoms with E-state index in [1.807, 2.05) is 4.72 Å². The fraction of sp³-hybridized carbons (Fsp3) is 0.594. The SMILES string of the molecule is O=C(O)CNS(=O)(=O)CCNC(=O)CCCC1CCN(c2cc(N3CCC[C@H]3C(=O)NCCc3ccc(C(F)(F)F)cc3)nc(C(F)(F)F)n2)CC1. The van der Waals surface area contributed by atoms with Gasteiger partial charge in [-0.2, -0.15) is 26.3 Å². The number of carbonyl (C=O) groups is 3. The molecule has 4 rings (SSSR count). The van der Waals surface area contributed by atoms with Crippen LogP contribution in [0.1, 0.15) is 61.9 Å². The molecule has 2 amide bonds. The highest BCUT2D eigenvalue weighted by atomic mass is 32.2. The lowest BCUT2D eigenvalue weighted by molar-refractivity contribution is -0.145. The Morgan fingerprint density at radius 3 is 2.19 bits per heavy atom. The van der Waals surface area contributed by atoms with E-state index in [2.05, 4.69) is 20.6 Å². The molecule has 0 unspecified atom stereocenters. The minimum atomic E-state index is -4.85. The number of nitrogens with one attached hydrogen (secondary N) is 3. The van der Waals surface area contributed by atoms with E-state index in [1.165, 1.54) is 23.1 Å². The first kappa shape index (κ1) is 40.6. The van der Waals surface area contributed by atoms with E-state index in [9.17, 15) is 49.1 Å². The number of rotatable bonds is 16. The topological polar surface area (TPSA) is 174 Å². The van der Waals surface area contributed by atoms with Crippen LogP contribution < -0.4 is 25.2 Å². The molecule has 13 nitrogen and oxygen atoms in total. The molecule has 2 fully saturated rings. The Morgan fingerprint density at radius 2 is 1.56 bits per heavy atom. The van der Waals surface area contributed by atoms with E-state index in [1.54, 1.807) is 4.90 Å². The van der Waals surface area contributed by atoms with Gasteiger partial charge in [-0.3, -0.25) is 14.4 Å². The average molecular weight is 766 g/mol. The van der Waals surface area contributed by atoms with Crippen LogP contribution in [-0.2, 0) is 43.2 Å². The molecule has 1 aromatic heterocycles. The molecule has 4 N–H and O–H groups in total. The summed E-state index contributed by atoms with van der Waals surface area (Å²) in [4.78, 5) is 46.6. The van der Waals surface area contributed by atoms with Gasteiger partial charge in [0.15, 0.2) is 0 Å².